The number of carbonyl (C=O) groups is 2. The first-order valence-electron chi connectivity index (χ1n) is 12.0. The predicted octanol–water partition coefficient (Wildman–Crippen LogP) is 5.28. The summed E-state index contributed by atoms with van der Waals surface area (Å²) in [6.45, 7) is 3.92. The second-order valence-corrected chi connectivity index (χ2v) is 9.05. The van der Waals surface area contributed by atoms with E-state index in [2.05, 4.69) is 5.32 Å². The van der Waals surface area contributed by atoms with Crippen LogP contribution in [0.5, 0.6) is 11.5 Å². The fourth-order valence-electron chi connectivity index (χ4n) is 3.79. The Morgan fingerprint density at radius 3 is 2.28 bits per heavy atom. The molecule has 36 heavy (non-hydrogen) atoms. The molecule has 0 saturated heterocycles. The Bertz CT molecular complexity index is 1140. The van der Waals surface area contributed by atoms with Gasteiger partial charge >= 0.3 is 0 Å². The van der Waals surface area contributed by atoms with Crippen LogP contribution in [0, 0.1) is 0 Å². The second-order valence-electron chi connectivity index (χ2n) is 8.61. The molecule has 6 nitrogen and oxygen atoms in total. The van der Waals surface area contributed by atoms with E-state index in [1.807, 2.05) is 68.4 Å². The maximum absolute atomic E-state index is 13.6. The van der Waals surface area contributed by atoms with Gasteiger partial charge in [0.1, 0.15) is 6.04 Å². The van der Waals surface area contributed by atoms with Crippen molar-refractivity contribution in [3.05, 3.63) is 95.0 Å². The van der Waals surface area contributed by atoms with Crippen molar-refractivity contribution in [3.63, 3.8) is 0 Å². The number of para-hydroxylation sites is 2. The number of nitrogens with one attached hydrogen (secondary N) is 1. The Balaban J connectivity index is 1.93. The zero-order valence-corrected chi connectivity index (χ0v) is 21.7. The van der Waals surface area contributed by atoms with E-state index in [1.54, 1.807) is 36.3 Å². The Morgan fingerprint density at radius 2 is 1.61 bits per heavy atom. The third-order valence-electron chi connectivity index (χ3n) is 5.93. The normalized spacial score (nSPS) is 12.3. The summed E-state index contributed by atoms with van der Waals surface area (Å²) in [5.41, 5.74) is 1.78. The lowest BCUT2D eigenvalue weighted by Gasteiger charge is -2.32. The van der Waals surface area contributed by atoms with Crippen LogP contribution in [0.2, 0.25) is 5.02 Å². The summed E-state index contributed by atoms with van der Waals surface area (Å²) in [6.07, 6.45) is 1.15. The molecule has 0 spiro atoms. The lowest BCUT2D eigenvalue weighted by molar-refractivity contribution is -0.143. The van der Waals surface area contributed by atoms with E-state index in [1.165, 1.54) is 0 Å². The molecule has 190 valence electrons. The minimum absolute atomic E-state index is 0.0243. The van der Waals surface area contributed by atoms with Crippen LogP contribution in [0.4, 0.5) is 0 Å². The van der Waals surface area contributed by atoms with E-state index in [-0.39, 0.29) is 31.0 Å². The van der Waals surface area contributed by atoms with Crippen molar-refractivity contribution in [3.8, 4) is 11.5 Å². The summed E-state index contributed by atoms with van der Waals surface area (Å²) in [5, 5.41) is 3.62. The second kappa shape index (κ2) is 13.5. The molecule has 3 aromatic carbocycles. The number of hydrogen-bond acceptors (Lipinski definition) is 4. The van der Waals surface area contributed by atoms with Crippen molar-refractivity contribution in [1.82, 2.24) is 10.2 Å². The van der Waals surface area contributed by atoms with E-state index in [0.717, 1.165) is 17.5 Å². The highest BCUT2D eigenvalue weighted by Crippen LogP contribution is 2.26. The molecule has 0 aliphatic carbocycles. The summed E-state index contributed by atoms with van der Waals surface area (Å²) >= 11 is 6.22. The molecule has 2 atom stereocenters. The maximum atomic E-state index is 13.6. The van der Waals surface area contributed by atoms with Crippen LogP contribution in [0.15, 0.2) is 78.9 Å². The molecule has 0 fully saturated rings. The molecule has 3 aromatic rings. The van der Waals surface area contributed by atoms with Crippen LogP contribution in [0.25, 0.3) is 0 Å². The topological polar surface area (TPSA) is 67.9 Å². The fourth-order valence-corrected chi connectivity index (χ4v) is 4.00. The van der Waals surface area contributed by atoms with Crippen molar-refractivity contribution >= 4 is 23.4 Å². The molecular formula is C29H33ClN2O4. The van der Waals surface area contributed by atoms with Gasteiger partial charge in [-0.3, -0.25) is 9.59 Å². The number of methoxy groups -OCH3 is 1. The number of amides is 2. The molecule has 0 radical (unpaired) electrons. The van der Waals surface area contributed by atoms with Gasteiger partial charge in [0.2, 0.25) is 5.91 Å². The minimum atomic E-state index is -0.742. The molecule has 0 bridgehead atoms. The summed E-state index contributed by atoms with van der Waals surface area (Å²) < 4.78 is 11.2. The zero-order chi connectivity index (χ0) is 25.9. The Hall–Kier alpha value is -3.51. The van der Waals surface area contributed by atoms with Crippen LogP contribution >= 0.6 is 11.6 Å². The van der Waals surface area contributed by atoms with E-state index < -0.39 is 6.04 Å². The van der Waals surface area contributed by atoms with E-state index >= 15 is 0 Å². The largest absolute Gasteiger partial charge is 0.493 e. The van der Waals surface area contributed by atoms with Gasteiger partial charge in [0.05, 0.1) is 7.11 Å². The maximum Gasteiger partial charge on any atom is 0.261 e. The van der Waals surface area contributed by atoms with Gasteiger partial charge in [-0.2, -0.15) is 0 Å². The van der Waals surface area contributed by atoms with Gasteiger partial charge in [-0.25, -0.2) is 0 Å². The first-order valence-corrected chi connectivity index (χ1v) is 12.4. The third-order valence-corrected chi connectivity index (χ3v) is 6.17. The van der Waals surface area contributed by atoms with Gasteiger partial charge in [-0.05, 0) is 48.7 Å². The smallest absolute Gasteiger partial charge is 0.261 e. The first kappa shape index (κ1) is 27.1. The SMILES string of the molecule is CC[C@@H](C)NC(=O)[C@@H](Cc1ccccc1)N(Cc1cccc(Cl)c1)C(=O)COc1ccccc1OC. The number of benzene rings is 3. The lowest BCUT2D eigenvalue weighted by Crippen LogP contribution is -2.53. The van der Waals surface area contributed by atoms with Crippen molar-refractivity contribution in [2.45, 2.75) is 45.3 Å². The summed E-state index contributed by atoms with van der Waals surface area (Å²) in [4.78, 5) is 28.7. The number of nitrogens with zero attached hydrogens (tertiary/aromatic N) is 1. The molecule has 0 aliphatic rings. The lowest BCUT2D eigenvalue weighted by atomic mass is 10.0. The molecule has 1 N–H and O–H groups in total. The van der Waals surface area contributed by atoms with Gasteiger partial charge in [-0.1, -0.05) is 73.1 Å². The monoisotopic (exact) mass is 508 g/mol. The molecule has 0 unspecified atom stereocenters. The van der Waals surface area contributed by atoms with Crippen LogP contribution in [0.3, 0.4) is 0 Å². The van der Waals surface area contributed by atoms with Gasteiger partial charge < -0.3 is 19.7 Å². The first-order chi connectivity index (χ1) is 17.4. The Labute approximate surface area is 218 Å². The van der Waals surface area contributed by atoms with E-state index in [4.69, 9.17) is 21.1 Å². The van der Waals surface area contributed by atoms with Crippen LogP contribution in [-0.2, 0) is 22.6 Å². The Kier molecular flexibility index (Phi) is 10.2. The Morgan fingerprint density at radius 1 is 0.944 bits per heavy atom. The zero-order valence-electron chi connectivity index (χ0n) is 20.9. The molecule has 0 saturated carbocycles. The van der Waals surface area contributed by atoms with Gasteiger partial charge in [0.25, 0.3) is 5.91 Å². The van der Waals surface area contributed by atoms with Crippen molar-refractivity contribution in [1.29, 1.82) is 0 Å². The average Bonchev–Trinajstić information content (AvgIpc) is 2.89. The van der Waals surface area contributed by atoms with Crippen LogP contribution < -0.4 is 14.8 Å². The molecule has 0 aromatic heterocycles. The molecular weight excluding hydrogens is 476 g/mol. The van der Waals surface area contributed by atoms with Gasteiger partial charge in [0.15, 0.2) is 18.1 Å². The number of halogens is 1. The molecule has 0 aliphatic heterocycles. The summed E-state index contributed by atoms with van der Waals surface area (Å²) in [6, 6.07) is 23.4. The third kappa shape index (κ3) is 7.75. The quantitative estimate of drug-likeness (QED) is 0.361. The van der Waals surface area contributed by atoms with Crippen LogP contribution in [0.1, 0.15) is 31.4 Å². The summed E-state index contributed by atoms with van der Waals surface area (Å²) in [7, 11) is 1.55. The number of hydrogen-bond donors (Lipinski definition) is 1. The number of ether oxygens (including phenoxy) is 2. The van der Waals surface area contributed by atoms with E-state index in [0.29, 0.717) is 22.9 Å². The highest BCUT2D eigenvalue weighted by Gasteiger charge is 2.31. The molecule has 7 heteroatoms. The standard InChI is InChI=1S/C29H33ClN2O4/c1-4-21(2)31-29(34)25(18-22-11-6-5-7-12-22)32(19-23-13-10-14-24(30)17-23)28(33)20-36-27-16-9-8-15-26(27)35-3/h5-17,21,25H,4,18-20H2,1-3H3,(H,31,34)/t21-,25-/m1/s1. The fraction of sp³-hybridized carbons (Fsp3) is 0.310. The van der Waals surface area contributed by atoms with Crippen molar-refractivity contribution in [2.75, 3.05) is 13.7 Å². The van der Waals surface area contributed by atoms with Crippen molar-refractivity contribution in [2.24, 2.45) is 0 Å². The molecule has 2 amide bonds. The highest BCUT2D eigenvalue weighted by atomic mass is 35.5. The van der Waals surface area contributed by atoms with E-state index in [9.17, 15) is 9.59 Å². The molecule has 0 heterocycles. The molecule has 3 rings (SSSR count). The number of rotatable bonds is 12. The average molecular weight is 509 g/mol. The van der Waals surface area contributed by atoms with Crippen LogP contribution in [-0.4, -0.2) is 42.5 Å². The number of carbonyl (C=O) groups excluding carboxylic acids is 2. The minimum Gasteiger partial charge on any atom is -0.493 e. The highest BCUT2D eigenvalue weighted by molar-refractivity contribution is 6.30. The van der Waals surface area contributed by atoms with Gasteiger partial charge in [0, 0.05) is 24.0 Å². The van der Waals surface area contributed by atoms with Crippen molar-refractivity contribution < 1.29 is 19.1 Å². The predicted molar refractivity (Wildman–Crippen MR) is 142 cm³/mol. The summed E-state index contributed by atoms with van der Waals surface area (Å²) in [5.74, 6) is 0.462. The van der Waals surface area contributed by atoms with Gasteiger partial charge in [-0.15, -0.1) is 0 Å².